The van der Waals surface area contributed by atoms with E-state index < -0.39 is 25.0 Å². The zero-order chi connectivity index (χ0) is 13.1. The first kappa shape index (κ1) is 13.9. The summed E-state index contributed by atoms with van der Waals surface area (Å²) in [5.74, 6) is 0. The molecule has 0 aliphatic heterocycles. The van der Waals surface area contributed by atoms with Gasteiger partial charge in [-0.25, -0.2) is 4.79 Å². The van der Waals surface area contributed by atoms with E-state index in [1.165, 1.54) is 12.2 Å². The molecule has 1 aromatic heterocycles. The van der Waals surface area contributed by atoms with Crippen molar-refractivity contribution in [2.24, 2.45) is 0 Å². The number of rotatable bonds is 4. The Labute approximate surface area is 101 Å². The van der Waals surface area contributed by atoms with Crippen molar-refractivity contribution in [1.29, 1.82) is 0 Å². The van der Waals surface area contributed by atoms with Crippen LogP contribution in [0.3, 0.4) is 0 Å². The van der Waals surface area contributed by atoms with E-state index in [-0.39, 0.29) is 11.6 Å². The van der Waals surface area contributed by atoms with Crippen LogP contribution in [-0.2, 0) is 11.1 Å². The fourth-order valence-electron chi connectivity index (χ4n) is 1.02. The Morgan fingerprint density at radius 3 is 2.65 bits per heavy atom. The molecule has 1 aromatic rings. The lowest BCUT2D eigenvalue weighted by Crippen LogP contribution is -2.29. The largest absolute Gasteiger partial charge is 0.329 e. The van der Waals surface area contributed by atoms with Gasteiger partial charge in [0.1, 0.15) is 5.02 Å². The molecule has 0 unspecified atom stereocenters. The molecule has 94 valence electrons. The van der Waals surface area contributed by atoms with Crippen LogP contribution in [0.1, 0.15) is 0 Å². The summed E-state index contributed by atoms with van der Waals surface area (Å²) in [5, 5.41) is -0.131. The van der Waals surface area contributed by atoms with Crippen molar-refractivity contribution in [3.63, 3.8) is 0 Å². The summed E-state index contributed by atoms with van der Waals surface area (Å²) < 4.78 is 11.6. The van der Waals surface area contributed by atoms with Crippen LogP contribution in [0.2, 0.25) is 5.02 Å². The van der Waals surface area contributed by atoms with E-state index in [0.29, 0.717) is 0 Å². The Balaban J connectivity index is 2.77. The molecule has 0 spiro atoms. The molecule has 0 saturated heterocycles. The lowest BCUT2D eigenvalue weighted by atomic mass is 10.5. The lowest BCUT2D eigenvalue weighted by molar-refractivity contribution is 0.377. The third kappa shape index (κ3) is 4.70. The average Bonchev–Trinajstić information content (AvgIpc) is 2.18. The number of nitrogens with zero attached hydrogens (tertiary/aromatic N) is 1. The van der Waals surface area contributed by atoms with E-state index in [2.05, 4.69) is 0 Å². The van der Waals surface area contributed by atoms with Crippen molar-refractivity contribution in [3.05, 3.63) is 44.2 Å². The summed E-state index contributed by atoms with van der Waals surface area (Å²) in [4.78, 5) is 41.3. The molecule has 17 heavy (non-hydrogen) atoms. The van der Waals surface area contributed by atoms with E-state index in [0.717, 1.165) is 10.8 Å². The minimum absolute atomic E-state index is 0.0648. The minimum Gasteiger partial charge on any atom is -0.324 e. The van der Waals surface area contributed by atoms with Gasteiger partial charge in [-0.3, -0.25) is 18.9 Å². The summed E-state index contributed by atoms with van der Waals surface area (Å²) in [6, 6.07) is 0. The van der Waals surface area contributed by atoms with Crippen LogP contribution in [0.5, 0.6) is 0 Å². The molecule has 1 rings (SSSR count). The van der Waals surface area contributed by atoms with Crippen LogP contribution in [0.25, 0.3) is 0 Å². The SMILES string of the molecule is O=c1[nH]c(=O)n(C/C=C\CP(=O)(O)O)cc1Cl. The predicted molar refractivity (Wildman–Crippen MR) is 62.4 cm³/mol. The molecule has 0 saturated carbocycles. The standard InChI is InChI=1S/C8H10ClN2O5P/c9-6-5-11(8(13)10-7(6)12)3-1-2-4-17(14,15)16/h1-2,5H,3-4H2,(H,10,12,13)(H2,14,15,16)/b2-1-. The molecule has 0 fully saturated rings. The first-order valence-corrected chi connectivity index (χ1v) is 6.66. The second kappa shape index (κ2) is 5.46. The predicted octanol–water partition coefficient (Wildman–Crippen LogP) is -0.0761. The number of hydrogen-bond acceptors (Lipinski definition) is 3. The number of nitrogens with one attached hydrogen (secondary N) is 1. The van der Waals surface area contributed by atoms with Gasteiger partial charge in [0.05, 0.1) is 6.16 Å². The van der Waals surface area contributed by atoms with Crippen molar-refractivity contribution in [2.45, 2.75) is 6.54 Å². The molecule has 0 aliphatic carbocycles. The molecule has 0 amide bonds. The number of halogens is 1. The van der Waals surface area contributed by atoms with Crippen LogP contribution < -0.4 is 11.2 Å². The maximum Gasteiger partial charge on any atom is 0.329 e. The van der Waals surface area contributed by atoms with Gasteiger partial charge in [0.15, 0.2) is 0 Å². The highest BCUT2D eigenvalue weighted by molar-refractivity contribution is 7.51. The Morgan fingerprint density at radius 1 is 1.41 bits per heavy atom. The van der Waals surface area contributed by atoms with Crippen LogP contribution in [0.4, 0.5) is 0 Å². The zero-order valence-corrected chi connectivity index (χ0v) is 10.2. The smallest absolute Gasteiger partial charge is 0.324 e. The molecule has 0 radical (unpaired) electrons. The third-order valence-corrected chi connectivity index (χ3v) is 2.74. The van der Waals surface area contributed by atoms with E-state index in [4.69, 9.17) is 21.4 Å². The molecule has 3 N–H and O–H groups in total. The lowest BCUT2D eigenvalue weighted by Gasteiger charge is -2.01. The Bertz CT molecular complexity index is 584. The topological polar surface area (TPSA) is 112 Å². The van der Waals surface area contributed by atoms with E-state index >= 15 is 0 Å². The summed E-state index contributed by atoms with van der Waals surface area (Å²) in [7, 11) is -4.07. The number of hydrogen-bond donors (Lipinski definition) is 3. The van der Waals surface area contributed by atoms with Crippen molar-refractivity contribution in [1.82, 2.24) is 9.55 Å². The second-order valence-electron chi connectivity index (χ2n) is 3.21. The molecule has 0 bridgehead atoms. The molecule has 0 aromatic carbocycles. The van der Waals surface area contributed by atoms with Gasteiger partial charge in [-0.2, -0.15) is 0 Å². The van der Waals surface area contributed by atoms with Gasteiger partial charge in [0.2, 0.25) is 0 Å². The summed E-state index contributed by atoms with van der Waals surface area (Å²) in [6.07, 6.45) is 3.41. The number of aromatic nitrogens is 2. The summed E-state index contributed by atoms with van der Waals surface area (Å²) in [5.41, 5.74) is -1.31. The number of H-pyrrole nitrogens is 1. The van der Waals surface area contributed by atoms with E-state index in [1.807, 2.05) is 4.98 Å². The van der Waals surface area contributed by atoms with Crippen molar-refractivity contribution < 1.29 is 14.4 Å². The van der Waals surface area contributed by atoms with Gasteiger partial charge in [-0.05, 0) is 0 Å². The maximum absolute atomic E-state index is 11.2. The van der Waals surface area contributed by atoms with Gasteiger partial charge < -0.3 is 9.79 Å². The Kier molecular flexibility index (Phi) is 4.47. The van der Waals surface area contributed by atoms with Gasteiger partial charge in [-0.15, -0.1) is 0 Å². The fourth-order valence-corrected chi connectivity index (χ4v) is 1.61. The van der Waals surface area contributed by atoms with Crippen LogP contribution in [0.15, 0.2) is 27.9 Å². The molecule has 0 aliphatic rings. The maximum atomic E-state index is 11.2. The zero-order valence-electron chi connectivity index (χ0n) is 8.54. The molecule has 7 nitrogen and oxygen atoms in total. The average molecular weight is 281 g/mol. The van der Waals surface area contributed by atoms with E-state index in [1.54, 1.807) is 0 Å². The van der Waals surface area contributed by atoms with E-state index in [9.17, 15) is 14.2 Å². The van der Waals surface area contributed by atoms with Crippen LogP contribution in [0, 0.1) is 0 Å². The monoisotopic (exact) mass is 280 g/mol. The Morgan fingerprint density at radius 2 is 2.06 bits per heavy atom. The summed E-state index contributed by atoms with van der Waals surface area (Å²) in [6.45, 7) is 0.0648. The van der Waals surface area contributed by atoms with Crippen molar-refractivity contribution in [3.8, 4) is 0 Å². The highest BCUT2D eigenvalue weighted by Crippen LogP contribution is 2.33. The summed E-state index contributed by atoms with van der Waals surface area (Å²) >= 11 is 5.52. The van der Waals surface area contributed by atoms with Crippen molar-refractivity contribution >= 4 is 19.2 Å². The highest BCUT2D eigenvalue weighted by Gasteiger charge is 2.08. The highest BCUT2D eigenvalue weighted by atomic mass is 35.5. The Hall–Kier alpha value is -1.14. The molecular weight excluding hydrogens is 271 g/mol. The van der Waals surface area contributed by atoms with Crippen LogP contribution >= 0.6 is 19.2 Å². The van der Waals surface area contributed by atoms with Gasteiger partial charge in [0, 0.05) is 12.7 Å². The quantitative estimate of drug-likeness (QED) is 0.528. The molecule has 0 atom stereocenters. The van der Waals surface area contributed by atoms with Gasteiger partial charge in [-0.1, -0.05) is 23.8 Å². The number of aromatic amines is 1. The van der Waals surface area contributed by atoms with Crippen molar-refractivity contribution in [2.75, 3.05) is 6.16 Å². The first-order chi connectivity index (χ1) is 7.79. The first-order valence-electron chi connectivity index (χ1n) is 4.48. The molecular formula is C8H10ClN2O5P. The number of allylic oxidation sites excluding steroid dienone is 2. The minimum atomic E-state index is -4.07. The van der Waals surface area contributed by atoms with Gasteiger partial charge in [0.25, 0.3) is 5.56 Å². The normalized spacial score (nSPS) is 12.2. The fraction of sp³-hybridized carbons (Fsp3) is 0.250. The third-order valence-electron chi connectivity index (χ3n) is 1.78. The van der Waals surface area contributed by atoms with Gasteiger partial charge >= 0.3 is 13.3 Å². The van der Waals surface area contributed by atoms with Crippen LogP contribution in [-0.4, -0.2) is 25.5 Å². The second-order valence-corrected chi connectivity index (χ2v) is 5.31. The molecule has 9 heteroatoms. The molecule has 1 heterocycles.